The first-order valence-electron chi connectivity index (χ1n) is 11.8. The first-order valence-corrected chi connectivity index (χ1v) is 14.1. The minimum Gasteiger partial charge on any atom is -0.496 e. The van der Waals surface area contributed by atoms with Crippen molar-refractivity contribution in [2.45, 2.75) is 56.1 Å². The molecule has 2 heterocycles. The van der Waals surface area contributed by atoms with Gasteiger partial charge in [-0.25, -0.2) is 13.9 Å². The van der Waals surface area contributed by atoms with Crippen LogP contribution in [0.4, 0.5) is 4.39 Å². The summed E-state index contributed by atoms with van der Waals surface area (Å²) in [6.45, 7) is 10.0. The Hall–Kier alpha value is -2.84. The molecule has 0 saturated heterocycles. The van der Waals surface area contributed by atoms with Crippen LogP contribution in [0.15, 0.2) is 53.6 Å². The number of aromatic amines is 1. The van der Waals surface area contributed by atoms with Gasteiger partial charge in [0.1, 0.15) is 22.8 Å². The lowest BCUT2D eigenvalue weighted by Crippen LogP contribution is -2.37. The summed E-state index contributed by atoms with van der Waals surface area (Å²) in [5.41, 5.74) is 4.78. The number of nitrogens with one attached hydrogen (secondary N) is 1. The molecule has 186 valence electrons. The predicted molar refractivity (Wildman–Crippen MR) is 144 cm³/mol. The number of hydrogen-bond donors (Lipinski definition) is 1. The Morgan fingerprint density at radius 2 is 1.81 bits per heavy atom. The molecule has 2 aromatic carbocycles. The summed E-state index contributed by atoms with van der Waals surface area (Å²) in [6.07, 6.45) is 1.96. The molecule has 0 spiro atoms. The van der Waals surface area contributed by atoms with Gasteiger partial charge < -0.3 is 4.74 Å². The normalized spacial score (nSPS) is 15.9. The van der Waals surface area contributed by atoms with Gasteiger partial charge in [-0.3, -0.25) is 4.79 Å². The minimum absolute atomic E-state index is 0.230. The molecule has 8 heteroatoms. The van der Waals surface area contributed by atoms with Crippen LogP contribution in [-0.2, 0) is 21.4 Å². The highest BCUT2D eigenvalue weighted by molar-refractivity contribution is 8.76. The van der Waals surface area contributed by atoms with E-state index in [4.69, 9.17) is 9.72 Å². The number of carbonyl (C=O) groups excluding carboxylic acids is 1. The average Bonchev–Trinajstić information content (AvgIpc) is 3.31. The highest BCUT2D eigenvalue weighted by Crippen LogP contribution is 2.47. The van der Waals surface area contributed by atoms with E-state index in [2.05, 4.69) is 17.1 Å². The molecule has 1 N–H and O–H groups in total. The number of pyridine rings is 1. The van der Waals surface area contributed by atoms with E-state index >= 15 is 0 Å². The summed E-state index contributed by atoms with van der Waals surface area (Å²) < 4.78 is 21.2. The molecule has 1 aliphatic carbocycles. The van der Waals surface area contributed by atoms with Gasteiger partial charge in [0, 0.05) is 27.4 Å². The van der Waals surface area contributed by atoms with Gasteiger partial charge in [0.25, 0.3) is 0 Å². The van der Waals surface area contributed by atoms with Crippen molar-refractivity contribution in [1.29, 1.82) is 0 Å². The SMILES string of the molecule is COc1cc[n+](-c2nc3cc4c(cc3[nH]2)C(C)(C)C(=O)C4(C)C)c(CSSc2cccc(F)c2)c1C. The first-order chi connectivity index (χ1) is 17.0. The Morgan fingerprint density at radius 1 is 1.08 bits per heavy atom. The predicted octanol–water partition coefficient (Wildman–Crippen LogP) is 6.37. The van der Waals surface area contributed by atoms with E-state index in [-0.39, 0.29) is 11.6 Å². The van der Waals surface area contributed by atoms with E-state index < -0.39 is 10.8 Å². The zero-order chi connectivity index (χ0) is 25.8. The molecule has 0 unspecified atom stereocenters. The van der Waals surface area contributed by atoms with Gasteiger partial charge in [-0.2, -0.15) is 0 Å². The maximum atomic E-state index is 13.6. The average molecular weight is 523 g/mol. The lowest BCUT2D eigenvalue weighted by Gasteiger charge is -2.21. The third-order valence-electron chi connectivity index (χ3n) is 7.15. The molecular weight excluding hydrogens is 493 g/mol. The molecule has 0 aliphatic heterocycles. The van der Waals surface area contributed by atoms with Crippen LogP contribution in [-0.4, -0.2) is 22.9 Å². The van der Waals surface area contributed by atoms with Gasteiger partial charge in [0.05, 0.1) is 19.1 Å². The van der Waals surface area contributed by atoms with E-state index in [1.807, 2.05) is 57.5 Å². The summed E-state index contributed by atoms with van der Waals surface area (Å²) in [6, 6.07) is 12.7. The van der Waals surface area contributed by atoms with Crippen LogP contribution < -0.4 is 9.30 Å². The Morgan fingerprint density at radius 3 is 2.50 bits per heavy atom. The fourth-order valence-electron chi connectivity index (χ4n) is 5.17. The molecule has 0 saturated carbocycles. The lowest BCUT2D eigenvalue weighted by atomic mass is 9.80. The summed E-state index contributed by atoms with van der Waals surface area (Å²) in [5.74, 6) is 2.15. The largest absolute Gasteiger partial charge is 0.496 e. The molecular formula is C28H29FN3O2S2+. The van der Waals surface area contributed by atoms with Gasteiger partial charge >= 0.3 is 5.95 Å². The third-order valence-corrected chi connectivity index (χ3v) is 9.39. The van der Waals surface area contributed by atoms with E-state index in [1.54, 1.807) is 24.0 Å². The number of rotatable bonds is 6. The zero-order valence-electron chi connectivity index (χ0n) is 21.2. The molecule has 4 aromatic rings. The summed E-state index contributed by atoms with van der Waals surface area (Å²) in [4.78, 5) is 22.4. The van der Waals surface area contributed by atoms with Crippen molar-refractivity contribution >= 4 is 38.4 Å². The molecule has 0 amide bonds. The maximum absolute atomic E-state index is 13.6. The van der Waals surface area contributed by atoms with Crippen LogP contribution in [0, 0.1) is 12.7 Å². The molecule has 1 aliphatic rings. The number of aromatic nitrogens is 3. The van der Waals surface area contributed by atoms with Crippen LogP contribution in [0.3, 0.4) is 0 Å². The van der Waals surface area contributed by atoms with Gasteiger partial charge in [0.15, 0.2) is 11.3 Å². The van der Waals surface area contributed by atoms with Crippen molar-refractivity contribution in [3.05, 3.63) is 76.9 Å². The quantitative estimate of drug-likeness (QED) is 0.235. The number of imidazole rings is 1. The zero-order valence-corrected chi connectivity index (χ0v) is 22.9. The Balaban J connectivity index is 1.54. The number of nitrogens with zero attached hydrogens (tertiary/aromatic N) is 2. The Kier molecular flexibility index (Phi) is 6.16. The summed E-state index contributed by atoms with van der Waals surface area (Å²) in [7, 11) is 4.83. The van der Waals surface area contributed by atoms with Gasteiger partial charge in [-0.15, -0.1) is 0 Å². The van der Waals surface area contributed by atoms with Crippen molar-refractivity contribution in [3.63, 3.8) is 0 Å². The van der Waals surface area contributed by atoms with Crippen LogP contribution in [0.25, 0.3) is 17.0 Å². The molecule has 5 rings (SSSR count). The van der Waals surface area contributed by atoms with Crippen LogP contribution in [0.1, 0.15) is 50.1 Å². The number of fused-ring (bicyclic) bond motifs is 2. The second kappa shape index (κ2) is 8.92. The number of Topliss-reactive ketones (excluding diaryl/α,β-unsaturated/α-hetero) is 1. The van der Waals surface area contributed by atoms with E-state index in [9.17, 15) is 9.18 Å². The summed E-state index contributed by atoms with van der Waals surface area (Å²) >= 11 is 0. The van der Waals surface area contributed by atoms with Crippen molar-refractivity contribution < 1.29 is 18.5 Å². The number of H-pyrrole nitrogens is 1. The van der Waals surface area contributed by atoms with E-state index in [0.717, 1.165) is 44.1 Å². The number of ketones is 1. The summed E-state index contributed by atoms with van der Waals surface area (Å²) in [5, 5.41) is 0. The van der Waals surface area contributed by atoms with E-state index in [0.29, 0.717) is 11.7 Å². The second-order valence-electron chi connectivity index (χ2n) is 10.2. The molecule has 2 aromatic heterocycles. The smallest absolute Gasteiger partial charge is 0.402 e. The number of benzene rings is 2. The van der Waals surface area contributed by atoms with E-state index in [1.165, 1.54) is 22.9 Å². The molecule has 0 bridgehead atoms. The molecule has 0 fully saturated rings. The van der Waals surface area contributed by atoms with Crippen molar-refractivity contribution in [1.82, 2.24) is 9.97 Å². The standard InChI is InChI=1S/C28H29FN3O2S2/c1-16-23(15-35-36-18-9-7-8-17(29)12-18)32(11-10-24(16)34-6)26-30-21-13-19-20(14-22(21)31-26)28(4,5)25(33)27(19,2)3/h7-14H,15H2,1-6H3,(H,30,31)/q+1. The maximum Gasteiger partial charge on any atom is 0.402 e. The van der Waals surface area contributed by atoms with Crippen LogP contribution in [0.2, 0.25) is 0 Å². The van der Waals surface area contributed by atoms with Gasteiger partial charge in [-0.05, 0) is 76.1 Å². The van der Waals surface area contributed by atoms with Crippen molar-refractivity contribution in [2.24, 2.45) is 0 Å². The number of ether oxygens (including phenoxy) is 1. The van der Waals surface area contributed by atoms with Gasteiger partial charge in [0.2, 0.25) is 0 Å². The minimum atomic E-state index is -0.550. The number of carbonyl (C=O) groups is 1. The highest BCUT2D eigenvalue weighted by atomic mass is 33.1. The fraction of sp³-hybridized carbons (Fsp3) is 0.321. The van der Waals surface area contributed by atoms with Crippen LogP contribution in [0.5, 0.6) is 5.75 Å². The van der Waals surface area contributed by atoms with Crippen LogP contribution >= 0.6 is 21.6 Å². The first kappa shape index (κ1) is 24.8. The van der Waals surface area contributed by atoms with Gasteiger partial charge in [-0.1, -0.05) is 32.6 Å². The van der Waals surface area contributed by atoms with Crippen molar-refractivity contribution in [3.8, 4) is 11.7 Å². The molecule has 0 atom stereocenters. The topological polar surface area (TPSA) is 58.9 Å². The molecule has 36 heavy (non-hydrogen) atoms. The lowest BCUT2D eigenvalue weighted by molar-refractivity contribution is -0.610. The monoisotopic (exact) mass is 522 g/mol. The molecule has 0 radical (unpaired) electrons. The number of halogens is 1. The number of hydrogen-bond acceptors (Lipinski definition) is 5. The third kappa shape index (κ3) is 4.00. The Bertz CT molecular complexity index is 1460. The second-order valence-corrected chi connectivity index (χ2v) is 12.6. The number of methoxy groups -OCH3 is 1. The Labute approximate surface area is 218 Å². The highest BCUT2D eigenvalue weighted by Gasteiger charge is 2.50. The molecule has 5 nitrogen and oxygen atoms in total. The fourth-order valence-corrected chi connectivity index (χ4v) is 7.36. The van der Waals surface area contributed by atoms with Crippen molar-refractivity contribution in [2.75, 3.05) is 7.11 Å².